The third-order valence-corrected chi connectivity index (χ3v) is 12.0. The van der Waals surface area contributed by atoms with Crippen LogP contribution in [-0.2, 0) is 4.52 Å². The van der Waals surface area contributed by atoms with Crippen LogP contribution in [0.3, 0.4) is 0 Å². The van der Waals surface area contributed by atoms with Crippen molar-refractivity contribution >= 4 is 22.7 Å². The first-order chi connectivity index (χ1) is 13.3. The third-order valence-electron chi connectivity index (χ3n) is 5.88. The summed E-state index contributed by atoms with van der Waals surface area (Å²) in [5.41, 5.74) is 1.61. The van der Waals surface area contributed by atoms with Crippen LogP contribution in [0, 0.1) is 5.66 Å². The van der Waals surface area contributed by atoms with Gasteiger partial charge in [0.05, 0.1) is 0 Å². The Morgan fingerprint density at radius 3 is 1.43 bits per heavy atom. The van der Waals surface area contributed by atoms with Crippen molar-refractivity contribution in [1.82, 2.24) is 0 Å². The van der Waals surface area contributed by atoms with Crippen LogP contribution >= 0.6 is 6.83 Å². The van der Waals surface area contributed by atoms with Crippen LogP contribution in [-0.4, -0.2) is 6.10 Å². The molecule has 0 amide bonds. The molecule has 1 atom stereocenters. The zero-order valence-electron chi connectivity index (χ0n) is 17.2. The molecule has 1 saturated heterocycles. The van der Waals surface area contributed by atoms with Crippen LogP contribution in [0.25, 0.3) is 0 Å². The zero-order valence-corrected chi connectivity index (χ0v) is 18.1. The molecule has 3 heteroatoms. The minimum Gasteiger partial charge on any atom is 1.00 e. The monoisotopic (exact) mass is 382 g/mol. The van der Waals surface area contributed by atoms with Crippen molar-refractivity contribution in [1.29, 1.82) is 0 Å². The Hall–Kier alpha value is -1.35. The van der Waals surface area contributed by atoms with E-state index in [4.69, 9.17) is 4.52 Å². The first-order valence-electron chi connectivity index (χ1n) is 10.0. The van der Waals surface area contributed by atoms with Crippen LogP contribution in [0.2, 0.25) is 0 Å². The molecule has 28 heavy (non-hydrogen) atoms. The van der Waals surface area contributed by atoms with Gasteiger partial charge >= 0.3 is 182 Å². The Bertz CT molecular complexity index is 783. The largest absolute Gasteiger partial charge is 1.00 e. The van der Waals surface area contributed by atoms with E-state index in [1.54, 1.807) is 5.66 Å². The van der Waals surface area contributed by atoms with E-state index in [0.29, 0.717) is 0 Å². The summed E-state index contributed by atoms with van der Waals surface area (Å²) in [5.74, 6) is 0. The average molecular weight is 382 g/mol. The Balaban J connectivity index is 0.00000225. The van der Waals surface area contributed by atoms with Crippen molar-refractivity contribution in [2.45, 2.75) is 39.2 Å². The van der Waals surface area contributed by atoms with E-state index in [9.17, 15) is 0 Å². The van der Waals surface area contributed by atoms with Crippen molar-refractivity contribution in [3.8, 4) is 0 Å². The summed E-state index contributed by atoms with van der Waals surface area (Å²) in [6, 6.07) is 32.9. The predicted molar refractivity (Wildman–Crippen MR) is 118 cm³/mol. The standard InChI is InChI=1S/C25H28OP.Li/c1-3-14-25-24(4-2)26-27(25,21-15-8-5-9-16-21,22-17-10-6-11-18-22)23-19-12-7-13-20-23;/h5-13,15-20,24H,3-4,14H2,1-2H3;/q-1;+1/t24-;/m1./s1. The Labute approximate surface area is 181 Å². The summed E-state index contributed by atoms with van der Waals surface area (Å²) >= 11 is 0. The molecule has 3 aromatic rings. The van der Waals surface area contributed by atoms with Crippen LogP contribution in [0.1, 0.15) is 33.1 Å². The van der Waals surface area contributed by atoms with Crippen molar-refractivity contribution in [2.75, 3.05) is 0 Å². The molecule has 1 aliphatic rings. The van der Waals surface area contributed by atoms with Crippen LogP contribution in [0.15, 0.2) is 91.0 Å². The third kappa shape index (κ3) is 2.84. The molecule has 1 fully saturated rings. The minimum absolute atomic E-state index is 0. The van der Waals surface area contributed by atoms with Gasteiger partial charge in [-0.15, -0.1) is 0 Å². The van der Waals surface area contributed by atoms with E-state index in [-0.39, 0.29) is 25.0 Å². The maximum Gasteiger partial charge on any atom is 1.00 e. The SMILES string of the molecule is CCC[C-]1[C@@H](CC)OP1(c1ccccc1)(c1ccccc1)c1ccccc1.[Li+]. The van der Waals surface area contributed by atoms with Crippen molar-refractivity contribution in [3.63, 3.8) is 0 Å². The summed E-state index contributed by atoms with van der Waals surface area (Å²) in [7, 11) is 0. The maximum atomic E-state index is 7.18. The van der Waals surface area contributed by atoms with Crippen LogP contribution < -0.4 is 34.8 Å². The summed E-state index contributed by atoms with van der Waals surface area (Å²) in [6.07, 6.45) is 3.51. The van der Waals surface area contributed by atoms with E-state index in [0.717, 1.165) is 19.3 Å². The van der Waals surface area contributed by atoms with Gasteiger partial charge in [0.15, 0.2) is 0 Å². The molecular formula is C25H28LiOP. The normalized spacial score (nSPS) is 21.5. The van der Waals surface area contributed by atoms with E-state index in [1.807, 2.05) is 0 Å². The Morgan fingerprint density at radius 2 is 1.11 bits per heavy atom. The quantitative estimate of drug-likeness (QED) is 0.362. The number of rotatable bonds is 6. The molecule has 0 aromatic heterocycles. The van der Waals surface area contributed by atoms with Crippen LogP contribution in [0.4, 0.5) is 0 Å². The van der Waals surface area contributed by atoms with Gasteiger partial charge in [-0.05, 0) is 0 Å². The Morgan fingerprint density at radius 1 is 0.714 bits per heavy atom. The molecule has 140 valence electrons. The molecule has 1 nitrogen and oxygen atoms in total. The van der Waals surface area contributed by atoms with Gasteiger partial charge in [0.1, 0.15) is 0 Å². The van der Waals surface area contributed by atoms with Crippen molar-refractivity contribution in [3.05, 3.63) is 96.7 Å². The fourth-order valence-electron chi connectivity index (χ4n) is 4.81. The van der Waals surface area contributed by atoms with Gasteiger partial charge in [-0.25, -0.2) is 0 Å². The average Bonchev–Trinajstić information content (AvgIpc) is 2.75. The van der Waals surface area contributed by atoms with E-state index >= 15 is 0 Å². The summed E-state index contributed by atoms with van der Waals surface area (Å²) in [4.78, 5) is 0. The molecule has 0 radical (unpaired) electrons. The summed E-state index contributed by atoms with van der Waals surface area (Å²) < 4.78 is 7.18. The smallest absolute Gasteiger partial charge is 1.00 e. The van der Waals surface area contributed by atoms with Crippen molar-refractivity contribution in [2.24, 2.45) is 0 Å². The molecule has 0 aliphatic carbocycles. The van der Waals surface area contributed by atoms with Crippen LogP contribution in [0.5, 0.6) is 0 Å². The van der Waals surface area contributed by atoms with Gasteiger partial charge in [-0.2, -0.15) is 0 Å². The van der Waals surface area contributed by atoms with Gasteiger partial charge in [-0.3, -0.25) is 0 Å². The fraction of sp³-hybridized carbons (Fsp3) is 0.240. The van der Waals surface area contributed by atoms with Gasteiger partial charge in [0.25, 0.3) is 0 Å². The number of benzene rings is 3. The molecule has 0 spiro atoms. The second kappa shape index (κ2) is 8.57. The van der Waals surface area contributed by atoms with Gasteiger partial charge < -0.3 is 0 Å². The Kier molecular flexibility index (Phi) is 6.53. The second-order valence-corrected chi connectivity index (χ2v) is 11.7. The second-order valence-electron chi connectivity index (χ2n) is 7.29. The molecule has 1 aliphatic heterocycles. The molecule has 3 aromatic carbocycles. The minimum atomic E-state index is -3.05. The topological polar surface area (TPSA) is 9.23 Å². The number of hydrogen-bond donors (Lipinski definition) is 0. The van der Waals surface area contributed by atoms with Gasteiger partial charge in [0.2, 0.25) is 0 Å². The van der Waals surface area contributed by atoms with Gasteiger partial charge in [0, 0.05) is 0 Å². The maximum absolute atomic E-state index is 7.18. The molecule has 0 unspecified atom stereocenters. The molecule has 4 rings (SSSR count). The summed E-state index contributed by atoms with van der Waals surface area (Å²) in [6.45, 7) is 1.47. The van der Waals surface area contributed by atoms with Crippen molar-refractivity contribution < 1.29 is 23.4 Å². The molecular weight excluding hydrogens is 354 g/mol. The van der Waals surface area contributed by atoms with Gasteiger partial charge in [-0.1, -0.05) is 0 Å². The molecule has 0 saturated carbocycles. The predicted octanol–water partition coefficient (Wildman–Crippen LogP) is 2.58. The fourth-order valence-corrected chi connectivity index (χ4v) is 11.5. The van der Waals surface area contributed by atoms with E-state index < -0.39 is 6.83 Å². The first kappa shape index (κ1) is 21.4. The molecule has 1 heterocycles. The van der Waals surface area contributed by atoms with E-state index in [1.165, 1.54) is 15.9 Å². The first-order valence-corrected chi connectivity index (χ1v) is 12.2. The molecule has 0 N–H and O–H groups in total. The zero-order chi connectivity index (χ0) is 18.8. The van der Waals surface area contributed by atoms with E-state index in [2.05, 4.69) is 105 Å². The number of hydrogen-bond acceptors (Lipinski definition) is 1. The molecule has 0 bridgehead atoms. The summed E-state index contributed by atoms with van der Waals surface area (Å²) in [5, 5.41) is 3.98.